The van der Waals surface area contributed by atoms with Gasteiger partial charge in [0.15, 0.2) is 0 Å². The van der Waals surface area contributed by atoms with Gasteiger partial charge >= 0.3 is 0 Å². The predicted molar refractivity (Wildman–Crippen MR) is 90.2 cm³/mol. The maximum absolute atomic E-state index is 6.48. The van der Waals surface area contributed by atoms with Gasteiger partial charge in [0.25, 0.3) is 0 Å². The second-order valence-electron chi connectivity index (χ2n) is 6.66. The molecule has 1 N–H and O–H groups in total. The zero-order valence-corrected chi connectivity index (χ0v) is 14.0. The van der Waals surface area contributed by atoms with E-state index >= 15 is 0 Å². The van der Waals surface area contributed by atoms with Crippen LogP contribution in [-0.2, 0) is 6.54 Å². The fraction of sp³-hybridized carbons (Fsp3) is 0.647. The first-order valence-corrected chi connectivity index (χ1v) is 8.41. The molecule has 1 aromatic rings. The van der Waals surface area contributed by atoms with E-state index in [4.69, 9.17) is 11.6 Å². The summed E-state index contributed by atoms with van der Waals surface area (Å²) in [6.45, 7) is 7.62. The summed E-state index contributed by atoms with van der Waals surface area (Å²) in [6, 6.07) is 8.15. The Hall–Kier alpha value is -0.770. The van der Waals surface area contributed by atoms with Gasteiger partial charge in [0.2, 0.25) is 0 Å². The van der Waals surface area contributed by atoms with E-state index in [1.807, 2.05) is 6.07 Å². The lowest BCUT2D eigenvalue weighted by Gasteiger charge is -2.44. The molecule has 1 aliphatic carbocycles. The van der Waals surface area contributed by atoms with Crippen molar-refractivity contribution < 1.29 is 0 Å². The molecule has 1 saturated heterocycles. The first-order valence-electron chi connectivity index (χ1n) is 8.04. The second kappa shape index (κ2) is 6.15. The fourth-order valence-electron chi connectivity index (χ4n) is 3.15. The number of anilines is 1. The molecule has 1 aliphatic heterocycles. The van der Waals surface area contributed by atoms with Crippen LogP contribution in [-0.4, -0.2) is 43.2 Å². The van der Waals surface area contributed by atoms with Crippen LogP contribution in [0.15, 0.2) is 18.2 Å². The summed E-state index contributed by atoms with van der Waals surface area (Å²) >= 11 is 6.48. The van der Waals surface area contributed by atoms with Crippen LogP contribution in [0.4, 0.5) is 5.69 Å². The van der Waals surface area contributed by atoms with Gasteiger partial charge in [-0.05, 0) is 45.9 Å². The van der Waals surface area contributed by atoms with E-state index in [-0.39, 0.29) is 0 Å². The van der Waals surface area contributed by atoms with E-state index in [0.717, 1.165) is 24.7 Å². The number of nitrogens with one attached hydrogen (secondary N) is 1. The Kier molecular flexibility index (Phi) is 4.43. The molecule has 21 heavy (non-hydrogen) atoms. The summed E-state index contributed by atoms with van der Waals surface area (Å²) in [5.74, 6) is 0. The molecule has 1 heterocycles. The number of piperazine rings is 1. The molecule has 2 aliphatic rings. The minimum atomic E-state index is 0.567. The lowest BCUT2D eigenvalue weighted by Crippen LogP contribution is -2.55. The molecule has 4 heteroatoms. The van der Waals surface area contributed by atoms with E-state index in [1.165, 1.54) is 24.1 Å². The van der Waals surface area contributed by atoms with Crippen LogP contribution in [0.5, 0.6) is 0 Å². The van der Waals surface area contributed by atoms with Crippen LogP contribution in [0, 0.1) is 0 Å². The molecular weight excluding hydrogens is 282 g/mol. The number of benzene rings is 1. The van der Waals surface area contributed by atoms with Crippen molar-refractivity contribution in [3.8, 4) is 0 Å². The molecule has 2 unspecified atom stereocenters. The highest BCUT2D eigenvalue weighted by molar-refractivity contribution is 6.31. The molecule has 0 amide bonds. The molecule has 116 valence electrons. The topological polar surface area (TPSA) is 18.5 Å². The van der Waals surface area contributed by atoms with Crippen LogP contribution in [0.3, 0.4) is 0 Å². The Morgan fingerprint density at radius 3 is 2.48 bits per heavy atom. The van der Waals surface area contributed by atoms with Crippen LogP contribution in [0.2, 0.25) is 5.02 Å². The summed E-state index contributed by atoms with van der Waals surface area (Å²) in [6.07, 6.45) is 2.62. The summed E-state index contributed by atoms with van der Waals surface area (Å²) in [5, 5.41) is 4.49. The lowest BCUT2D eigenvalue weighted by molar-refractivity contribution is 0.170. The molecule has 1 aromatic carbocycles. The molecule has 0 aromatic heterocycles. The van der Waals surface area contributed by atoms with Gasteiger partial charge in [0.05, 0.1) is 0 Å². The minimum absolute atomic E-state index is 0.567. The van der Waals surface area contributed by atoms with E-state index in [0.29, 0.717) is 18.1 Å². The highest BCUT2D eigenvalue weighted by Gasteiger charge is 2.28. The van der Waals surface area contributed by atoms with Gasteiger partial charge in [-0.3, -0.25) is 4.90 Å². The van der Waals surface area contributed by atoms with Crippen molar-refractivity contribution in [3.05, 3.63) is 28.8 Å². The van der Waals surface area contributed by atoms with Gasteiger partial charge in [0.1, 0.15) is 0 Å². The average Bonchev–Trinajstić information content (AvgIpc) is 3.27. The Bertz CT molecular complexity index is 489. The number of hydrogen-bond donors (Lipinski definition) is 1. The molecule has 2 fully saturated rings. The van der Waals surface area contributed by atoms with E-state index < -0.39 is 0 Å². The van der Waals surface area contributed by atoms with Crippen molar-refractivity contribution in [1.82, 2.24) is 10.2 Å². The van der Waals surface area contributed by atoms with Crippen LogP contribution in [0.25, 0.3) is 0 Å². The van der Waals surface area contributed by atoms with Crippen LogP contribution in [0.1, 0.15) is 32.3 Å². The maximum atomic E-state index is 6.48. The Morgan fingerprint density at radius 2 is 1.86 bits per heavy atom. The van der Waals surface area contributed by atoms with E-state index in [9.17, 15) is 0 Å². The number of halogens is 1. The largest absolute Gasteiger partial charge is 0.368 e. The Morgan fingerprint density at radius 1 is 1.19 bits per heavy atom. The fourth-order valence-corrected chi connectivity index (χ4v) is 3.39. The van der Waals surface area contributed by atoms with Gasteiger partial charge < -0.3 is 10.2 Å². The molecule has 3 nitrogen and oxygen atoms in total. The molecule has 0 bridgehead atoms. The molecule has 2 atom stereocenters. The average molecular weight is 308 g/mol. The third-order valence-electron chi connectivity index (χ3n) is 4.94. The van der Waals surface area contributed by atoms with E-state index in [2.05, 4.69) is 48.1 Å². The molecule has 0 radical (unpaired) electrons. The highest BCUT2D eigenvalue weighted by atomic mass is 35.5. The van der Waals surface area contributed by atoms with Crippen molar-refractivity contribution in [3.63, 3.8) is 0 Å². The lowest BCUT2D eigenvalue weighted by atomic mass is 10.1. The Labute approximate surface area is 133 Å². The van der Waals surface area contributed by atoms with Crippen LogP contribution < -0.4 is 10.2 Å². The van der Waals surface area contributed by atoms with Crippen molar-refractivity contribution in [2.24, 2.45) is 0 Å². The van der Waals surface area contributed by atoms with Crippen molar-refractivity contribution in [2.45, 2.75) is 51.4 Å². The maximum Gasteiger partial charge on any atom is 0.0471 e. The predicted octanol–water partition coefficient (Wildman–Crippen LogP) is 3.12. The van der Waals surface area contributed by atoms with Gasteiger partial charge in [-0.1, -0.05) is 17.7 Å². The van der Waals surface area contributed by atoms with Gasteiger partial charge in [0, 0.05) is 54.0 Å². The first-order chi connectivity index (χ1) is 10.1. The SMILES string of the molecule is CC1CN(c2cccc(Cl)c2CNC2CC2)CC(C)N1C. The third-order valence-corrected chi connectivity index (χ3v) is 5.29. The van der Waals surface area contributed by atoms with Gasteiger partial charge in [-0.15, -0.1) is 0 Å². The van der Waals surface area contributed by atoms with Gasteiger partial charge in [-0.25, -0.2) is 0 Å². The second-order valence-corrected chi connectivity index (χ2v) is 7.07. The van der Waals surface area contributed by atoms with Crippen LogP contribution >= 0.6 is 11.6 Å². The summed E-state index contributed by atoms with van der Waals surface area (Å²) in [4.78, 5) is 4.97. The summed E-state index contributed by atoms with van der Waals surface area (Å²) in [7, 11) is 2.22. The highest BCUT2D eigenvalue weighted by Crippen LogP contribution is 2.31. The third kappa shape index (κ3) is 3.36. The molecule has 0 spiro atoms. The summed E-state index contributed by atoms with van der Waals surface area (Å²) < 4.78 is 0. The van der Waals surface area contributed by atoms with Crippen molar-refractivity contribution in [2.75, 3.05) is 25.0 Å². The number of hydrogen-bond acceptors (Lipinski definition) is 3. The number of nitrogens with zero attached hydrogens (tertiary/aromatic N) is 2. The number of rotatable bonds is 4. The quantitative estimate of drug-likeness (QED) is 0.922. The normalized spacial score (nSPS) is 27.1. The monoisotopic (exact) mass is 307 g/mol. The smallest absolute Gasteiger partial charge is 0.0471 e. The first kappa shape index (κ1) is 15.1. The summed E-state index contributed by atoms with van der Waals surface area (Å²) in [5.41, 5.74) is 2.57. The van der Waals surface area contributed by atoms with Crippen molar-refractivity contribution in [1.29, 1.82) is 0 Å². The number of likely N-dealkylation sites (N-methyl/N-ethyl adjacent to an activating group) is 1. The standard InChI is InChI=1S/C17H26ClN3/c1-12-10-21(11-13(2)20(12)3)17-6-4-5-16(18)15(17)9-19-14-7-8-14/h4-6,12-14,19H,7-11H2,1-3H3. The molecule has 1 saturated carbocycles. The zero-order chi connectivity index (χ0) is 15.0. The van der Waals surface area contributed by atoms with Gasteiger partial charge in [-0.2, -0.15) is 0 Å². The minimum Gasteiger partial charge on any atom is -0.368 e. The molecule has 3 rings (SSSR count). The molecular formula is C17H26ClN3. The zero-order valence-electron chi connectivity index (χ0n) is 13.3. The Balaban J connectivity index is 1.81. The van der Waals surface area contributed by atoms with E-state index in [1.54, 1.807) is 0 Å². The van der Waals surface area contributed by atoms with Crippen molar-refractivity contribution >= 4 is 17.3 Å².